The van der Waals surface area contributed by atoms with Crippen LogP contribution in [0.25, 0.3) is 11.1 Å². The fourth-order valence-corrected chi connectivity index (χ4v) is 4.74. The van der Waals surface area contributed by atoms with Gasteiger partial charge in [-0.05, 0) is 17.7 Å². The summed E-state index contributed by atoms with van der Waals surface area (Å²) in [5.74, 6) is -0.367. The second-order valence-electron chi connectivity index (χ2n) is 8.17. The van der Waals surface area contributed by atoms with Crippen LogP contribution in [0.3, 0.4) is 0 Å². The quantitative estimate of drug-likeness (QED) is 0.789. The van der Waals surface area contributed by atoms with E-state index >= 15 is 0 Å². The Morgan fingerprint density at radius 2 is 1.70 bits per heavy atom. The first-order valence-corrected chi connectivity index (χ1v) is 9.60. The number of hydrogen-bond acceptors (Lipinski definition) is 2. The van der Waals surface area contributed by atoms with Crippen LogP contribution in [0.5, 0.6) is 0 Å². The monoisotopic (exact) mass is 369 g/mol. The lowest BCUT2D eigenvalue weighted by Gasteiger charge is -2.43. The number of amides is 1. The molecule has 142 valence electrons. The molecule has 2 aliphatic heterocycles. The van der Waals surface area contributed by atoms with Crippen molar-refractivity contribution in [3.63, 3.8) is 0 Å². The maximum Gasteiger partial charge on any atom is 0.411 e. The van der Waals surface area contributed by atoms with Crippen LogP contribution < -0.4 is 5.32 Å². The molecule has 2 aliphatic rings. The number of nitrogens with zero attached hydrogens (tertiary/aromatic N) is 1. The van der Waals surface area contributed by atoms with Crippen LogP contribution in [-0.2, 0) is 4.74 Å². The Labute approximate surface area is 159 Å². The lowest BCUT2D eigenvalue weighted by Crippen LogP contribution is -2.56. The van der Waals surface area contributed by atoms with Gasteiger partial charge in [0, 0.05) is 31.2 Å². The van der Waals surface area contributed by atoms with Gasteiger partial charge in [-0.25, -0.2) is 9.18 Å². The number of anilines is 1. The third kappa shape index (κ3) is 3.44. The van der Waals surface area contributed by atoms with Crippen LogP contribution in [-0.4, -0.2) is 42.9 Å². The molecule has 5 heteroatoms. The first kappa shape index (κ1) is 18.0. The van der Waals surface area contributed by atoms with E-state index in [9.17, 15) is 9.18 Å². The maximum atomic E-state index is 14.4. The second kappa shape index (κ2) is 6.97. The highest BCUT2D eigenvalue weighted by Gasteiger charge is 2.49. The lowest BCUT2D eigenvalue weighted by molar-refractivity contribution is -0.931. The molecule has 2 bridgehead atoms. The van der Waals surface area contributed by atoms with Crippen molar-refractivity contribution in [2.75, 3.05) is 19.4 Å². The molecule has 3 atom stereocenters. The SMILES string of the molecule is C[N+]1(C)[C@@H]2CC[C@H]1CC(OC(=O)Nc1cccc(F)c1-c1ccccc1)C2. The predicted molar refractivity (Wildman–Crippen MR) is 104 cm³/mol. The van der Waals surface area contributed by atoms with Crippen molar-refractivity contribution in [2.45, 2.75) is 43.9 Å². The van der Waals surface area contributed by atoms with Crippen molar-refractivity contribution in [1.82, 2.24) is 0 Å². The number of ether oxygens (including phenoxy) is 1. The van der Waals surface area contributed by atoms with Gasteiger partial charge in [0.2, 0.25) is 0 Å². The van der Waals surface area contributed by atoms with E-state index in [-0.39, 0.29) is 11.9 Å². The van der Waals surface area contributed by atoms with Crippen LogP contribution in [0.2, 0.25) is 0 Å². The van der Waals surface area contributed by atoms with E-state index in [0.29, 0.717) is 23.3 Å². The van der Waals surface area contributed by atoms with Crippen molar-refractivity contribution in [1.29, 1.82) is 0 Å². The average molecular weight is 369 g/mol. The van der Waals surface area contributed by atoms with Crippen molar-refractivity contribution >= 4 is 11.8 Å². The summed E-state index contributed by atoms with van der Waals surface area (Å²) in [6.45, 7) is 0. The van der Waals surface area contributed by atoms with Gasteiger partial charge in [0.25, 0.3) is 0 Å². The van der Waals surface area contributed by atoms with Crippen molar-refractivity contribution in [3.05, 3.63) is 54.3 Å². The molecule has 4 rings (SSSR count). The molecule has 2 aromatic rings. The van der Waals surface area contributed by atoms with Gasteiger partial charge in [0.1, 0.15) is 11.9 Å². The fraction of sp³-hybridized carbons (Fsp3) is 0.409. The summed E-state index contributed by atoms with van der Waals surface area (Å²) < 4.78 is 21.2. The van der Waals surface area contributed by atoms with Gasteiger partial charge in [-0.3, -0.25) is 5.32 Å². The van der Waals surface area contributed by atoms with E-state index < -0.39 is 6.09 Å². The molecular formula is C22H26FN2O2+. The number of nitrogens with one attached hydrogen (secondary N) is 1. The zero-order valence-electron chi connectivity index (χ0n) is 15.8. The van der Waals surface area contributed by atoms with Crippen LogP contribution in [0.4, 0.5) is 14.9 Å². The fourth-order valence-electron chi connectivity index (χ4n) is 4.74. The standard InChI is InChI=1S/C22H25FN2O2/c1-25(2)16-11-12-17(25)14-18(13-16)27-22(26)24-20-10-6-9-19(23)21(20)15-7-4-3-5-8-15/h3-10,16-18H,11-14H2,1-2H3/p+1/t16-,17+,18?. The predicted octanol–water partition coefficient (Wildman–Crippen LogP) is 4.81. The first-order chi connectivity index (χ1) is 12.9. The zero-order valence-corrected chi connectivity index (χ0v) is 15.8. The van der Waals surface area contributed by atoms with Crippen LogP contribution in [0.1, 0.15) is 25.7 Å². The number of hydrogen-bond donors (Lipinski definition) is 1. The summed E-state index contributed by atoms with van der Waals surface area (Å²) in [5.41, 5.74) is 1.54. The van der Waals surface area contributed by atoms with Gasteiger partial charge < -0.3 is 9.22 Å². The summed E-state index contributed by atoms with van der Waals surface area (Å²) in [5, 5.41) is 2.76. The van der Waals surface area contributed by atoms with Gasteiger partial charge in [-0.15, -0.1) is 0 Å². The van der Waals surface area contributed by atoms with Gasteiger partial charge in [0.15, 0.2) is 0 Å². The Bertz CT molecular complexity index is 821. The number of piperidine rings is 1. The van der Waals surface area contributed by atoms with Gasteiger partial charge in [-0.1, -0.05) is 36.4 Å². The number of fused-ring (bicyclic) bond motifs is 2. The van der Waals surface area contributed by atoms with Crippen LogP contribution in [0.15, 0.2) is 48.5 Å². The molecule has 0 spiro atoms. The Morgan fingerprint density at radius 3 is 2.37 bits per heavy atom. The van der Waals surface area contributed by atoms with E-state index in [4.69, 9.17) is 4.74 Å². The summed E-state index contributed by atoms with van der Waals surface area (Å²) in [6.07, 6.45) is 3.61. The Balaban J connectivity index is 1.48. The molecule has 0 radical (unpaired) electrons. The molecule has 0 aromatic heterocycles. The second-order valence-corrected chi connectivity index (χ2v) is 8.17. The van der Waals surface area contributed by atoms with E-state index in [1.54, 1.807) is 12.1 Å². The number of carbonyl (C=O) groups excluding carboxylic acids is 1. The van der Waals surface area contributed by atoms with E-state index in [2.05, 4.69) is 19.4 Å². The van der Waals surface area contributed by atoms with Crippen molar-refractivity contribution < 1.29 is 18.4 Å². The van der Waals surface area contributed by atoms with E-state index in [1.165, 1.54) is 18.9 Å². The minimum absolute atomic E-state index is 0.0672. The molecule has 1 N–H and O–H groups in total. The summed E-state index contributed by atoms with van der Waals surface area (Å²) >= 11 is 0. The molecule has 2 aromatic carbocycles. The number of benzene rings is 2. The molecule has 0 saturated carbocycles. The largest absolute Gasteiger partial charge is 0.445 e. The normalized spacial score (nSPS) is 25.8. The van der Waals surface area contributed by atoms with Crippen molar-refractivity contribution in [2.24, 2.45) is 0 Å². The maximum absolute atomic E-state index is 14.4. The molecular weight excluding hydrogens is 343 g/mol. The highest BCUT2D eigenvalue weighted by atomic mass is 19.1. The molecule has 1 amide bonds. The average Bonchev–Trinajstić information content (AvgIpc) is 2.80. The van der Waals surface area contributed by atoms with Gasteiger partial charge >= 0.3 is 6.09 Å². The van der Waals surface area contributed by atoms with Crippen LogP contribution in [0, 0.1) is 5.82 Å². The smallest absolute Gasteiger partial charge is 0.411 e. The minimum Gasteiger partial charge on any atom is -0.445 e. The molecule has 2 saturated heterocycles. The third-order valence-corrected chi connectivity index (χ3v) is 6.37. The number of carbonyl (C=O) groups is 1. The molecule has 2 heterocycles. The first-order valence-electron chi connectivity index (χ1n) is 9.60. The molecule has 1 unspecified atom stereocenters. The van der Waals surface area contributed by atoms with Gasteiger partial charge in [-0.2, -0.15) is 0 Å². The Kier molecular flexibility index (Phi) is 4.64. The van der Waals surface area contributed by atoms with Crippen LogP contribution >= 0.6 is 0 Å². The molecule has 27 heavy (non-hydrogen) atoms. The molecule has 4 nitrogen and oxygen atoms in total. The number of quaternary nitrogens is 1. The zero-order chi connectivity index (χ0) is 19.0. The Morgan fingerprint density at radius 1 is 1.04 bits per heavy atom. The molecule has 0 aliphatic carbocycles. The number of halogens is 1. The topological polar surface area (TPSA) is 38.3 Å². The third-order valence-electron chi connectivity index (χ3n) is 6.37. The number of rotatable bonds is 3. The summed E-state index contributed by atoms with van der Waals surface area (Å²) in [4.78, 5) is 12.5. The van der Waals surface area contributed by atoms with E-state index in [1.807, 2.05) is 30.3 Å². The highest BCUT2D eigenvalue weighted by Crippen LogP contribution is 2.40. The van der Waals surface area contributed by atoms with Crippen molar-refractivity contribution in [3.8, 4) is 11.1 Å². The Hall–Kier alpha value is -2.40. The minimum atomic E-state index is -0.505. The summed E-state index contributed by atoms with van der Waals surface area (Å²) in [7, 11) is 4.55. The highest BCUT2D eigenvalue weighted by molar-refractivity contribution is 5.91. The molecule has 2 fully saturated rings. The van der Waals surface area contributed by atoms with Gasteiger partial charge in [0.05, 0.1) is 31.9 Å². The van der Waals surface area contributed by atoms with E-state index in [0.717, 1.165) is 22.9 Å². The summed E-state index contributed by atoms with van der Waals surface area (Å²) in [6, 6.07) is 15.0. The lowest BCUT2D eigenvalue weighted by atomic mass is 9.98.